The lowest BCUT2D eigenvalue weighted by Crippen LogP contribution is -2.39. The summed E-state index contributed by atoms with van der Waals surface area (Å²) in [6, 6.07) is 6.28. The van der Waals surface area contributed by atoms with E-state index in [4.69, 9.17) is 9.47 Å². The van der Waals surface area contributed by atoms with Crippen molar-refractivity contribution in [1.29, 1.82) is 0 Å². The molecule has 0 aliphatic carbocycles. The third kappa shape index (κ3) is 3.89. The molecule has 0 saturated carbocycles. The second-order valence-electron chi connectivity index (χ2n) is 7.21. The minimum atomic E-state index is 0.213. The molecule has 1 aromatic carbocycles. The van der Waals surface area contributed by atoms with Crippen molar-refractivity contribution in [2.24, 2.45) is 5.92 Å². The molecule has 1 N–H and O–H groups in total. The molecule has 2 aliphatic rings. The van der Waals surface area contributed by atoms with Crippen LogP contribution in [0, 0.1) is 5.92 Å². The van der Waals surface area contributed by atoms with Gasteiger partial charge in [0.1, 0.15) is 0 Å². The van der Waals surface area contributed by atoms with Crippen molar-refractivity contribution in [3.63, 3.8) is 0 Å². The van der Waals surface area contributed by atoms with Crippen molar-refractivity contribution in [3.8, 4) is 11.5 Å². The predicted octanol–water partition coefficient (Wildman–Crippen LogP) is 2.63. The SMILES string of the molecule is CC(C)(C)NCC1CCN(Cc2ccc3c(c2)OCO3)C1. The van der Waals surface area contributed by atoms with Gasteiger partial charge >= 0.3 is 0 Å². The zero-order chi connectivity index (χ0) is 14.9. The summed E-state index contributed by atoms with van der Waals surface area (Å²) >= 11 is 0. The Balaban J connectivity index is 1.50. The monoisotopic (exact) mass is 290 g/mol. The zero-order valence-corrected chi connectivity index (χ0v) is 13.3. The first-order chi connectivity index (χ1) is 9.99. The molecule has 4 heteroatoms. The van der Waals surface area contributed by atoms with Crippen molar-refractivity contribution >= 4 is 0 Å². The van der Waals surface area contributed by atoms with E-state index in [1.165, 1.54) is 25.1 Å². The van der Waals surface area contributed by atoms with Crippen LogP contribution in [0.15, 0.2) is 18.2 Å². The van der Waals surface area contributed by atoms with Gasteiger partial charge in [0, 0.05) is 18.6 Å². The van der Waals surface area contributed by atoms with E-state index >= 15 is 0 Å². The van der Waals surface area contributed by atoms with E-state index < -0.39 is 0 Å². The molecule has 21 heavy (non-hydrogen) atoms. The molecule has 0 bridgehead atoms. The number of likely N-dealkylation sites (tertiary alicyclic amines) is 1. The highest BCUT2D eigenvalue weighted by Gasteiger charge is 2.24. The Morgan fingerprint density at radius 2 is 2.05 bits per heavy atom. The Hall–Kier alpha value is -1.26. The fraction of sp³-hybridized carbons (Fsp3) is 0.647. The third-order valence-corrected chi connectivity index (χ3v) is 4.13. The summed E-state index contributed by atoms with van der Waals surface area (Å²) in [4.78, 5) is 2.53. The van der Waals surface area contributed by atoms with Crippen LogP contribution in [-0.2, 0) is 6.54 Å². The summed E-state index contributed by atoms with van der Waals surface area (Å²) in [7, 11) is 0. The van der Waals surface area contributed by atoms with Crippen LogP contribution in [0.2, 0.25) is 0 Å². The standard InChI is InChI=1S/C17H26N2O2/c1-17(2,3)18-9-14-6-7-19(11-14)10-13-4-5-15-16(8-13)21-12-20-15/h4-5,8,14,18H,6-7,9-12H2,1-3H3. The first kappa shape index (κ1) is 14.7. The van der Waals surface area contributed by atoms with E-state index in [0.717, 1.165) is 30.5 Å². The third-order valence-electron chi connectivity index (χ3n) is 4.13. The summed E-state index contributed by atoms with van der Waals surface area (Å²) in [5.74, 6) is 2.52. The van der Waals surface area contributed by atoms with Crippen LogP contribution in [0.1, 0.15) is 32.8 Å². The molecule has 0 radical (unpaired) electrons. The average Bonchev–Trinajstić information content (AvgIpc) is 3.04. The average molecular weight is 290 g/mol. The molecule has 1 saturated heterocycles. The van der Waals surface area contributed by atoms with Crippen molar-refractivity contribution in [1.82, 2.24) is 10.2 Å². The van der Waals surface area contributed by atoms with Crippen LogP contribution < -0.4 is 14.8 Å². The fourth-order valence-corrected chi connectivity index (χ4v) is 2.97. The molecule has 116 valence electrons. The first-order valence-electron chi connectivity index (χ1n) is 7.85. The highest BCUT2D eigenvalue weighted by atomic mass is 16.7. The highest BCUT2D eigenvalue weighted by Crippen LogP contribution is 2.33. The predicted molar refractivity (Wildman–Crippen MR) is 83.7 cm³/mol. The quantitative estimate of drug-likeness (QED) is 0.924. The lowest BCUT2D eigenvalue weighted by Gasteiger charge is -2.23. The minimum Gasteiger partial charge on any atom is -0.454 e. The van der Waals surface area contributed by atoms with Gasteiger partial charge in [0.25, 0.3) is 0 Å². The summed E-state index contributed by atoms with van der Waals surface area (Å²) in [6.45, 7) is 11.5. The van der Waals surface area contributed by atoms with Crippen molar-refractivity contribution in [3.05, 3.63) is 23.8 Å². The maximum Gasteiger partial charge on any atom is 0.231 e. The number of nitrogens with one attached hydrogen (secondary N) is 1. The molecule has 1 fully saturated rings. The number of benzene rings is 1. The van der Waals surface area contributed by atoms with Gasteiger partial charge in [0.15, 0.2) is 11.5 Å². The molecule has 3 rings (SSSR count). The molecule has 1 unspecified atom stereocenters. The van der Waals surface area contributed by atoms with Gasteiger partial charge in [-0.05, 0) is 63.9 Å². The van der Waals surface area contributed by atoms with Crippen molar-refractivity contribution in [2.45, 2.75) is 39.3 Å². The maximum atomic E-state index is 5.45. The summed E-state index contributed by atoms with van der Waals surface area (Å²) in [5.41, 5.74) is 1.52. The van der Waals surface area contributed by atoms with E-state index in [0.29, 0.717) is 6.79 Å². The van der Waals surface area contributed by atoms with Gasteiger partial charge in [0.2, 0.25) is 6.79 Å². The maximum absolute atomic E-state index is 5.45. The van der Waals surface area contributed by atoms with Gasteiger partial charge in [-0.3, -0.25) is 4.90 Å². The number of fused-ring (bicyclic) bond motifs is 1. The Bertz CT molecular complexity index is 496. The minimum absolute atomic E-state index is 0.213. The number of rotatable bonds is 4. The Kier molecular flexibility index (Phi) is 4.09. The molecule has 1 atom stereocenters. The summed E-state index contributed by atoms with van der Waals surface area (Å²) < 4.78 is 10.8. The summed E-state index contributed by atoms with van der Waals surface area (Å²) in [5, 5.41) is 3.62. The van der Waals surface area contributed by atoms with Crippen LogP contribution >= 0.6 is 0 Å². The Morgan fingerprint density at radius 3 is 2.86 bits per heavy atom. The van der Waals surface area contributed by atoms with Gasteiger partial charge in [-0.2, -0.15) is 0 Å². The van der Waals surface area contributed by atoms with Crippen molar-refractivity contribution < 1.29 is 9.47 Å². The molecule has 0 aromatic heterocycles. The number of hydrogen-bond donors (Lipinski definition) is 1. The summed E-state index contributed by atoms with van der Waals surface area (Å²) in [6.07, 6.45) is 1.29. The van der Waals surface area contributed by atoms with Crippen LogP contribution in [-0.4, -0.2) is 36.9 Å². The van der Waals surface area contributed by atoms with Crippen LogP contribution in [0.3, 0.4) is 0 Å². The topological polar surface area (TPSA) is 33.7 Å². The zero-order valence-electron chi connectivity index (χ0n) is 13.3. The highest BCUT2D eigenvalue weighted by molar-refractivity contribution is 5.44. The van der Waals surface area contributed by atoms with E-state index in [1.54, 1.807) is 0 Å². The van der Waals surface area contributed by atoms with Gasteiger partial charge in [0.05, 0.1) is 0 Å². The molecule has 4 nitrogen and oxygen atoms in total. The number of ether oxygens (including phenoxy) is 2. The molecule has 0 amide bonds. The van der Waals surface area contributed by atoms with Crippen LogP contribution in [0.25, 0.3) is 0 Å². The van der Waals surface area contributed by atoms with E-state index in [-0.39, 0.29) is 5.54 Å². The van der Waals surface area contributed by atoms with Gasteiger partial charge in [-0.15, -0.1) is 0 Å². The molecular weight excluding hydrogens is 264 g/mol. The van der Waals surface area contributed by atoms with Gasteiger partial charge in [-0.25, -0.2) is 0 Å². The normalized spacial score (nSPS) is 22.0. The van der Waals surface area contributed by atoms with Crippen molar-refractivity contribution in [2.75, 3.05) is 26.4 Å². The molecular formula is C17H26N2O2. The van der Waals surface area contributed by atoms with E-state index in [1.807, 2.05) is 6.07 Å². The van der Waals surface area contributed by atoms with Gasteiger partial charge in [-0.1, -0.05) is 6.07 Å². The molecule has 2 aliphatic heterocycles. The Morgan fingerprint density at radius 1 is 1.24 bits per heavy atom. The lowest BCUT2D eigenvalue weighted by molar-refractivity contribution is 0.174. The van der Waals surface area contributed by atoms with E-state index in [9.17, 15) is 0 Å². The lowest BCUT2D eigenvalue weighted by atomic mass is 10.1. The van der Waals surface area contributed by atoms with Crippen LogP contribution in [0.5, 0.6) is 11.5 Å². The molecule has 2 heterocycles. The Labute approximate surface area is 127 Å². The second kappa shape index (κ2) is 5.85. The second-order valence-corrected chi connectivity index (χ2v) is 7.21. The number of nitrogens with zero attached hydrogens (tertiary/aromatic N) is 1. The molecule has 1 aromatic rings. The molecule has 0 spiro atoms. The van der Waals surface area contributed by atoms with Crippen LogP contribution in [0.4, 0.5) is 0 Å². The largest absolute Gasteiger partial charge is 0.454 e. The first-order valence-corrected chi connectivity index (χ1v) is 7.85. The number of hydrogen-bond acceptors (Lipinski definition) is 4. The van der Waals surface area contributed by atoms with Gasteiger partial charge < -0.3 is 14.8 Å². The smallest absolute Gasteiger partial charge is 0.231 e. The van der Waals surface area contributed by atoms with E-state index in [2.05, 4.69) is 43.1 Å². The fourth-order valence-electron chi connectivity index (χ4n) is 2.97.